The molecule has 0 saturated heterocycles. The van der Waals surface area contributed by atoms with Crippen molar-refractivity contribution in [2.24, 2.45) is 4.99 Å². The highest BCUT2D eigenvalue weighted by molar-refractivity contribution is 14.0. The monoisotopic (exact) mass is 474 g/mol. The van der Waals surface area contributed by atoms with E-state index in [9.17, 15) is 0 Å². The Morgan fingerprint density at radius 3 is 2.56 bits per heavy atom. The van der Waals surface area contributed by atoms with E-state index in [0.29, 0.717) is 6.54 Å². The zero-order valence-electron chi connectivity index (χ0n) is 15.0. The first-order valence-corrected chi connectivity index (χ1v) is 9.21. The molecular formula is C18H27IN4OS. The minimum absolute atomic E-state index is 0. The van der Waals surface area contributed by atoms with E-state index < -0.39 is 0 Å². The molecule has 0 aliphatic heterocycles. The zero-order valence-corrected chi connectivity index (χ0v) is 18.2. The van der Waals surface area contributed by atoms with Crippen molar-refractivity contribution in [2.75, 3.05) is 20.2 Å². The molecule has 5 nitrogen and oxygen atoms in total. The topological polar surface area (TPSA) is 58.5 Å². The van der Waals surface area contributed by atoms with Crippen LogP contribution in [0.5, 0.6) is 5.75 Å². The number of thiazole rings is 1. The van der Waals surface area contributed by atoms with E-state index in [0.717, 1.165) is 48.3 Å². The summed E-state index contributed by atoms with van der Waals surface area (Å²) in [6.45, 7) is 6.46. The summed E-state index contributed by atoms with van der Waals surface area (Å²) in [6, 6.07) is 8.16. The molecule has 2 aromatic rings. The Morgan fingerprint density at radius 2 is 1.96 bits per heavy atom. The number of methoxy groups -OCH3 is 1. The average molecular weight is 474 g/mol. The van der Waals surface area contributed by atoms with Gasteiger partial charge in [-0.05, 0) is 37.5 Å². The van der Waals surface area contributed by atoms with Gasteiger partial charge in [-0.25, -0.2) is 9.98 Å². The Bertz CT molecular complexity index is 643. The largest absolute Gasteiger partial charge is 0.497 e. The lowest BCUT2D eigenvalue weighted by atomic mass is 10.1. The summed E-state index contributed by atoms with van der Waals surface area (Å²) in [6.07, 6.45) is 1.92. The maximum Gasteiger partial charge on any atom is 0.191 e. The molecule has 0 atom stereocenters. The fourth-order valence-electron chi connectivity index (χ4n) is 2.20. The van der Waals surface area contributed by atoms with Crippen molar-refractivity contribution in [1.29, 1.82) is 0 Å². The van der Waals surface area contributed by atoms with Crippen LogP contribution >= 0.6 is 35.3 Å². The van der Waals surface area contributed by atoms with E-state index in [4.69, 9.17) is 4.74 Å². The summed E-state index contributed by atoms with van der Waals surface area (Å²) in [4.78, 5) is 9.16. The standard InChI is InChI=1S/C18H26N4OS.HI/c1-4-17-22-15(13-24-17)12-21-18(19-5-2)20-11-10-14-6-8-16(23-3)9-7-14;/h6-9,13H,4-5,10-12H2,1-3H3,(H2,19,20,21);1H. The second kappa shape index (κ2) is 12.1. The summed E-state index contributed by atoms with van der Waals surface area (Å²) in [7, 11) is 1.68. The normalized spacial score (nSPS) is 10.9. The van der Waals surface area contributed by atoms with Crippen molar-refractivity contribution < 1.29 is 4.74 Å². The van der Waals surface area contributed by atoms with Crippen molar-refractivity contribution >= 4 is 41.3 Å². The number of hydrogen-bond donors (Lipinski definition) is 2. The van der Waals surface area contributed by atoms with Gasteiger partial charge in [-0.2, -0.15) is 0 Å². The second-order valence-electron chi connectivity index (χ2n) is 5.31. The predicted octanol–water partition coefficient (Wildman–Crippen LogP) is 3.63. The third-order valence-electron chi connectivity index (χ3n) is 3.51. The van der Waals surface area contributed by atoms with Crippen LogP contribution in [0.3, 0.4) is 0 Å². The molecular weight excluding hydrogens is 447 g/mol. The molecule has 0 aliphatic rings. The van der Waals surface area contributed by atoms with Gasteiger partial charge in [0.15, 0.2) is 5.96 Å². The van der Waals surface area contributed by atoms with Crippen molar-refractivity contribution in [3.05, 3.63) is 45.9 Å². The number of ether oxygens (including phenoxy) is 1. The number of halogens is 1. The van der Waals surface area contributed by atoms with E-state index in [2.05, 4.69) is 52.0 Å². The summed E-state index contributed by atoms with van der Waals surface area (Å²) in [5, 5.41) is 9.90. The van der Waals surface area contributed by atoms with Crippen LogP contribution in [-0.4, -0.2) is 31.1 Å². The van der Waals surface area contributed by atoms with Crippen LogP contribution in [0, 0.1) is 0 Å². The molecule has 0 radical (unpaired) electrons. The fourth-order valence-corrected chi connectivity index (χ4v) is 2.94. The average Bonchev–Trinajstić information content (AvgIpc) is 3.08. The lowest BCUT2D eigenvalue weighted by molar-refractivity contribution is 0.414. The van der Waals surface area contributed by atoms with Gasteiger partial charge in [0.1, 0.15) is 5.75 Å². The molecule has 0 unspecified atom stereocenters. The Hall–Kier alpha value is -1.35. The van der Waals surface area contributed by atoms with Crippen LogP contribution in [0.25, 0.3) is 0 Å². The first-order valence-electron chi connectivity index (χ1n) is 8.33. The minimum Gasteiger partial charge on any atom is -0.497 e. The second-order valence-corrected chi connectivity index (χ2v) is 6.25. The number of rotatable bonds is 8. The van der Waals surface area contributed by atoms with Crippen LogP contribution in [0.15, 0.2) is 34.6 Å². The van der Waals surface area contributed by atoms with Gasteiger partial charge in [0, 0.05) is 18.5 Å². The molecule has 1 heterocycles. The van der Waals surface area contributed by atoms with Gasteiger partial charge in [-0.3, -0.25) is 0 Å². The molecule has 0 fully saturated rings. The molecule has 7 heteroatoms. The summed E-state index contributed by atoms with van der Waals surface area (Å²) < 4.78 is 5.18. The lowest BCUT2D eigenvalue weighted by Crippen LogP contribution is -2.38. The number of guanidine groups is 1. The number of nitrogens with zero attached hydrogens (tertiary/aromatic N) is 2. The fraction of sp³-hybridized carbons (Fsp3) is 0.444. The summed E-state index contributed by atoms with van der Waals surface area (Å²) in [5.74, 6) is 1.72. The van der Waals surface area contributed by atoms with Gasteiger partial charge in [-0.15, -0.1) is 35.3 Å². The molecule has 0 amide bonds. The quantitative estimate of drug-likeness (QED) is 0.349. The number of benzene rings is 1. The van der Waals surface area contributed by atoms with Crippen molar-refractivity contribution in [1.82, 2.24) is 15.6 Å². The predicted molar refractivity (Wildman–Crippen MR) is 116 cm³/mol. The van der Waals surface area contributed by atoms with Crippen molar-refractivity contribution in [3.8, 4) is 5.75 Å². The molecule has 0 bridgehead atoms. The van der Waals surface area contributed by atoms with Crippen LogP contribution in [0.4, 0.5) is 0 Å². The Balaban J connectivity index is 0.00000312. The minimum atomic E-state index is 0. The molecule has 138 valence electrons. The molecule has 1 aromatic heterocycles. The lowest BCUT2D eigenvalue weighted by Gasteiger charge is -2.11. The van der Waals surface area contributed by atoms with E-state index in [1.165, 1.54) is 5.56 Å². The molecule has 1 aromatic carbocycles. The van der Waals surface area contributed by atoms with E-state index in [-0.39, 0.29) is 24.0 Å². The van der Waals surface area contributed by atoms with Crippen molar-refractivity contribution in [2.45, 2.75) is 33.2 Å². The molecule has 2 rings (SSSR count). The Labute approximate surface area is 171 Å². The SMILES string of the molecule is CCNC(=NCc1csc(CC)n1)NCCc1ccc(OC)cc1.I. The zero-order chi connectivity index (χ0) is 17.2. The van der Waals surface area contributed by atoms with Gasteiger partial charge in [0.05, 0.1) is 24.4 Å². The molecule has 2 N–H and O–H groups in total. The third-order valence-corrected chi connectivity index (χ3v) is 4.55. The molecule has 25 heavy (non-hydrogen) atoms. The highest BCUT2D eigenvalue weighted by Gasteiger charge is 2.02. The third kappa shape index (κ3) is 7.60. The Kier molecular flexibility index (Phi) is 10.5. The van der Waals surface area contributed by atoms with E-state index >= 15 is 0 Å². The van der Waals surface area contributed by atoms with Crippen LogP contribution in [-0.2, 0) is 19.4 Å². The number of aromatic nitrogens is 1. The first kappa shape index (κ1) is 21.7. The number of aryl methyl sites for hydroxylation is 1. The molecule has 0 spiro atoms. The highest BCUT2D eigenvalue weighted by Crippen LogP contribution is 2.12. The maximum absolute atomic E-state index is 5.18. The number of hydrogen-bond acceptors (Lipinski definition) is 4. The van der Waals surface area contributed by atoms with Crippen LogP contribution in [0.1, 0.15) is 30.1 Å². The smallest absolute Gasteiger partial charge is 0.191 e. The summed E-state index contributed by atoms with van der Waals surface area (Å²) >= 11 is 1.70. The van der Waals surface area contributed by atoms with Gasteiger partial charge >= 0.3 is 0 Å². The molecule has 0 saturated carbocycles. The van der Waals surface area contributed by atoms with Crippen molar-refractivity contribution in [3.63, 3.8) is 0 Å². The molecule has 0 aliphatic carbocycles. The maximum atomic E-state index is 5.18. The van der Waals surface area contributed by atoms with Gasteiger partial charge < -0.3 is 15.4 Å². The van der Waals surface area contributed by atoms with Gasteiger partial charge in [-0.1, -0.05) is 19.1 Å². The van der Waals surface area contributed by atoms with Gasteiger partial charge in [0.25, 0.3) is 0 Å². The van der Waals surface area contributed by atoms with Crippen LogP contribution < -0.4 is 15.4 Å². The van der Waals surface area contributed by atoms with E-state index in [1.54, 1.807) is 18.4 Å². The summed E-state index contributed by atoms with van der Waals surface area (Å²) in [5.41, 5.74) is 2.30. The van der Waals surface area contributed by atoms with Gasteiger partial charge in [0.2, 0.25) is 0 Å². The highest BCUT2D eigenvalue weighted by atomic mass is 127. The Morgan fingerprint density at radius 1 is 1.20 bits per heavy atom. The van der Waals surface area contributed by atoms with Crippen LogP contribution in [0.2, 0.25) is 0 Å². The first-order chi connectivity index (χ1) is 11.7. The number of aliphatic imine (C=N–C) groups is 1. The van der Waals surface area contributed by atoms with E-state index in [1.807, 2.05) is 12.1 Å². The number of nitrogens with one attached hydrogen (secondary N) is 2.